The molecule has 0 N–H and O–H groups in total. The van der Waals surface area contributed by atoms with Gasteiger partial charge < -0.3 is 4.74 Å². The van der Waals surface area contributed by atoms with Crippen molar-refractivity contribution in [2.45, 2.75) is 13.0 Å². The number of ether oxygens (including phenoxy) is 1. The Hall–Kier alpha value is -1.61. The third-order valence-corrected chi connectivity index (χ3v) is 2.40. The van der Waals surface area contributed by atoms with Gasteiger partial charge in [0.1, 0.15) is 11.9 Å². The molecule has 3 heteroatoms. The lowest BCUT2D eigenvalue weighted by molar-refractivity contribution is 0.107. The van der Waals surface area contributed by atoms with Crippen molar-refractivity contribution < 1.29 is 9.84 Å². The van der Waals surface area contributed by atoms with Gasteiger partial charge in [-0.05, 0) is 24.6 Å². The predicted molar refractivity (Wildman–Crippen MR) is 57.4 cm³/mol. The first kappa shape index (κ1) is 9.93. The molecule has 1 radical (unpaired) electrons. The van der Waals surface area contributed by atoms with E-state index in [0.29, 0.717) is 5.75 Å². The molecule has 1 unspecified atom stereocenters. The number of methoxy groups -OCH3 is 1. The standard InChI is InChI=1S/C12H12NO2/c1-8(14)11-6-9(15-2)7-12-10(11)4-3-5-13-12/h3-8H,1-2H3. The van der Waals surface area contributed by atoms with Crippen LogP contribution in [-0.4, -0.2) is 12.1 Å². The highest BCUT2D eigenvalue weighted by atomic mass is 16.5. The molecule has 0 bridgehead atoms. The van der Waals surface area contributed by atoms with Crippen LogP contribution in [0.5, 0.6) is 5.75 Å². The quantitative estimate of drug-likeness (QED) is 0.751. The van der Waals surface area contributed by atoms with Crippen molar-refractivity contribution in [3.63, 3.8) is 0 Å². The van der Waals surface area contributed by atoms with Crippen LogP contribution >= 0.6 is 0 Å². The molecule has 0 aliphatic heterocycles. The lowest BCUT2D eigenvalue weighted by Gasteiger charge is -2.09. The van der Waals surface area contributed by atoms with Crippen molar-refractivity contribution in [1.82, 2.24) is 4.98 Å². The molecule has 0 spiro atoms. The number of nitrogens with zero attached hydrogens (tertiary/aromatic N) is 1. The van der Waals surface area contributed by atoms with Crippen LogP contribution in [0, 0.1) is 0 Å². The molecule has 0 amide bonds. The summed E-state index contributed by atoms with van der Waals surface area (Å²) in [4.78, 5) is 4.21. The number of aromatic nitrogens is 1. The van der Waals surface area contributed by atoms with Crippen LogP contribution in [0.25, 0.3) is 10.9 Å². The van der Waals surface area contributed by atoms with E-state index in [9.17, 15) is 5.11 Å². The average molecular weight is 202 g/mol. The molecule has 1 aromatic heterocycles. The van der Waals surface area contributed by atoms with E-state index < -0.39 is 6.10 Å². The van der Waals surface area contributed by atoms with Crippen LogP contribution in [0.1, 0.15) is 18.6 Å². The first-order valence-corrected chi connectivity index (χ1v) is 4.81. The Morgan fingerprint density at radius 1 is 1.40 bits per heavy atom. The summed E-state index contributed by atoms with van der Waals surface area (Å²) < 4.78 is 5.13. The zero-order valence-electron chi connectivity index (χ0n) is 8.73. The number of fused-ring (bicyclic) bond motifs is 1. The van der Waals surface area contributed by atoms with Gasteiger partial charge in [0.2, 0.25) is 0 Å². The molecule has 0 saturated carbocycles. The van der Waals surface area contributed by atoms with E-state index in [-0.39, 0.29) is 0 Å². The highest BCUT2D eigenvalue weighted by Gasteiger charge is 2.10. The maximum atomic E-state index is 11.5. The molecule has 1 heterocycles. The molecule has 3 nitrogen and oxygen atoms in total. The summed E-state index contributed by atoms with van der Waals surface area (Å²) in [6.45, 7) is 1.63. The average Bonchev–Trinajstić information content (AvgIpc) is 2.27. The van der Waals surface area contributed by atoms with Crippen LogP contribution in [0.3, 0.4) is 0 Å². The molecular formula is C12H12NO2. The number of rotatable bonds is 2. The van der Waals surface area contributed by atoms with E-state index in [1.54, 1.807) is 26.3 Å². The topological polar surface area (TPSA) is 42.0 Å². The van der Waals surface area contributed by atoms with Crippen LogP contribution in [0.4, 0.5) is 0 Å². The van der Waals surface area contributed by atoms with Gasteiger partial charge in [-0.3, -0.25) is 4.98 Å². The van der Waals surface area contributed by atoms with Gasteiger partial charge in [0.05, 0.1) is 12.6 Å². The fourth-order valence-electron chi connectivity index (χ4n) is 1.64. The minimum Gasteiger partial charge on any atom is -0.497 e. The lowest BCUT2D eigenvalue weighted by atomic mass is 10.0. The molecule has 2 rings (SSSR count). The Morgan fingerprint density at radius 3 is 2.87 bits per heavy atom. The minimum atomic E-state index is -0.771. The summed E-state index contributed by atoms with van der Waals surface area (Å²) in [5, 5.41) is 12.4. The van der Waals surface area contributed by atoms with Gasteiger partial charge >= 0.3 is 0 Å². The van der Waals surface area contributed by atoms with Crippen LogP contribution < -0.4 is 4.74 Å². The Kier molecular flexibility index (Phi) is 2.56. The normalized spacial score (nSPS) is 12.7. The molecule has 2 aromatic rings. The maximum Gasteiger partial charge on any atom is 0.121 e. The fourth-order valence-corrected chi connectivity index (χ4v) is 1.64. The third-order valence-electron chi connectivity index (χ3n) is 2.40. The number of hydrogen-bond acceptors (Lipinski definition) is 2. The van der Waals surface area contributed by atoms with E-state index in [1.807, 2.05) is 18.2 Å². The monoisotopic (exact) mass is 202 g/mol. The summed E-state index contributed by atoms with van der Waals surface area (Å²) in [5.74, 6) is 0.680. The van der Waals surface area contributed by atoms with Crippen LogP contribution in [0.2, 0.25) is 0 Å². The van der Waals surface area contributed by atoms with E-state index in [4.69, 9.17) is 4.74 Å². The highest BCUT2D eigenvalue weighted by Crippen LogP contribution is 2.28. The van der Waals surface area contributed by atoms with Crippen molar-refractivity contribution in [3.8, 4) is 5.75 Å². The van der Waals surface area contributed by atoms with Crippen molar-refractivity contribution >= 4 is 10.9 Å². The number of pyridine rings is 1. The summed E-state index contributed by atoms with van der Waals surface area (Å²) in [6.07, 6.45) is 0.938. The Labute approximate surface area is 88.3 Å². The van der Waals surface area contributed by atoms with Gasteiger partial charge in [-0.1, -0.05) is 6.07 Å². The molecule has 0 fully saturated rings. The van der Waals surface area contributed by atoms with Gasteiger partial charge in [-0.15, -0.1) is 0 Å². The van der Waals surface area contributed by atoms with E-state index >= 15 is 0 Å². The van der Waals surface area contributed by atoms with Gasteiger partial charge in [-0.25, -0.2) is 5.11 Å². The van der Waals surface area contributed by atoms with Gasteiger partial charge in [0.25, 0.3) is 0 Å². The SMILES string of the molecule is COc1cc(C(C)[O])c2cccnc2c1. The largest absolute Gasteiger partial charge is 0.497 e. The van der Waals surface area contributed by atoms with Crippen LogP contribution in [0.15, 0.2) is 30.5 Å². The first-order valence-electron chi connectivity index (χ1n) is 4.81. The highest BCUT2D eigenvalue weighted by molar-refractivity contribution is 5.84. The minimum absolute atomic E-state index is 0.680. The Morgan fingerprint density at radius 2 is 2.20 bits per heavy atom. The zero-order valence-corrected chi connectivity index (χ0v) is 8.73. The third kappa shape index (κ3) is 1.78. The van der Waals surface area contributed by atoms with Gasteiger partial charge in [0.15, 0.2) is 0 Å². The van der Waals surface area contributed by atoms with Crippen molar-refractivity contribution in [3.05, 3.63) is 36.0 Å². The second-order valence-electron chi connectivity index (χ2n) is 3.43. The summed E-state index contributed by atoms with van der Waals surface area (Å²) in [6, 6.07) is 7.36. The number of benzene rings is 1. The molecule has 1 atom stereocenters. The molecule has 77 valence electrons. The molecule has 15 heavy (non-hydrogen) atoms. The lowest BCUT2D eigenvalue weighted by Crippen LogP contribution is -1.94. The first-order chi connectivity index (χ1) is 7.22. The van der Waals surface area contributed by atoms with Crippen molar-refractivity contribution in [1.29, 1.82) is 0 Å². The molecule has 1 aromatic carbocycles. The summed E-state index contributed by atoms with van der Waals surface area (Å²) >= 11 is 0. The summed E-state index contributed by atoms with van der Waals surface area (Å²) in [5.41, 5.74) is 1.53. The van der Waals surface area contributed by atoms with Crippen molar-refractivity contribution in [2.75, 3.05) is 7.11 Å². The maximum absolute atomic E-state index is 11.5. The fraction of sp³-hybridized carbons (Fsp3) is 0.250. The second-order valence-corrected chi connectivity index (χ2v) is 3.43. The zero-order chi connectivity index (χ0) is 10.8. The Balaban J connectivity index is 2.74. The molecule has 0 aliphatic rings. The Bertz CT molecular complexity index is 480. The van der Waals surface area contributed by atoms with Crippen molar-refractivity contribution in [2.24, 2.45) is 0 Å². The van der Waals surface area contributed by atoms with Crippen LogP contribution in [-0.2, 0) is 5.11 Å². The number of hydrogen-bond donors (Lipinski definition) is 0. The molecular weight excluding hydrogens is 190 g/mol. The van der Waals surface area contributed by atoms with E-state index in [0.717, 1.165) is 16.5 Å². The second kappa shape index (κ2) is 3.87. The predicted octanol–water partition coefficient (Wildman–Crippen LogP) is 2.73. The smallest absolute Gasteiger partial charge is 0.121 e. The molecule has 0 aliphatic carbocycles. The van der Waals surface area contributed by atoms with Gasteiger partial charge in [-0.2, -0.15) is 0 Å². The summed E-state index contributed by atoms with van der Waals surface area (Å²) in [7, 11) is 1.59. The van der Waals surface area contributed by atoms with E-state index in [2.05, 4.69) is 4.98 Å². The van der Waals surface area contributed by atoms with E-state index in [1.165, 1.54) is 0 Å². The van der Waals surface area contributed by atoms with Gasteiger partial charge in [0, 0.05) is 17.6 Å². The molecule has 0 saturated heterocycles.